The van der Waals surface area contributed by atoms with E-state index in [0.29, 0.717) is 30.4 Å². The average Bonchev–Trinajstić information content (AvgIpc) is 2.45. The summed E-state index contributed by atoms with van der Waals surface area (Å²) in [6.07, 6.45) is 1.58. The van der Waals surface area contributed by atoms with Gasteiger partial charge in [0.2, 0.25) is 5.91 Å². The summed E-state index contributed by atoms with van der Waals surface area (Å²) in [4.78, 5) is 14.6. The van der Waals surface area contributed by atoms with Crippen molar-refractivity contribution in [1.82, 2.24) is 10.2 Å². The third kappa shape index (κ3) is 5.00. The van der Waals surface area contributed by atoms with Gasteiger partial charge in [-0.05, 0) is 42.9 Å². The van der Waals surface area contributed by atoms with Crippen LogP contribution < -0.4 is 5.32 Å². The Bertz CT molecular complexity index is 574. The first-order valence-corrected chi connectivity index (χ1v) is 8.74. The quantitative estimate of drug-likeness (QED) is 0.857. The summed E-state index contributed by atoms with van der Waals surface area (Å²) < 4.78 is 27.5. The van der Waals surface area contributed by atoms with Gasteiger partial charge in [0.15, 0.2) is 0 Å². The number of nitrogens with one attached hydrogen (secondary N) is 1. The van der Waals surface area contributed by atoms with Crippen LogP contribution in [-0.4, -0.2) is 29.4 Å². The zero-order valence-corrected chi connectivity index (χ0v) is 15.0. The summed E-state index contributed by atoms with van der Waals surface area (Å²) >= 11 is 0. The number of piperazine rings is 1. The Balaban J connectivity index is 2.21. The summed E-state index contributed by atoms with van der Waals surface area (Å²) in [5.41, 5.74) is 0.307. The van der Waals surface area contributed by atoms with Gasteiger partial charge in [-0.2, -0.15) is 0 Å². The summed E-state index contributed by atoms with van der Waals surface area (Å²) in [6.45, 7) is 9.27. The fourth-order valence-corrected chi connectivity index (χ4v) is 3.38. The van der Waals surface area contributed by atoms with Gasteiger partial charge in [-0.25, -0.2) is 8.78 Å². The highest BCUT2D eigenvalue weighted by Gasteiger charge is 2.35. The molecule has 0 saturated carbocycles. The number of carbonyl (C=O) groups is 1. The van der Waals surface area contributed by atoms with Crippen molar-refractivity contribution in [1.29, 1.82) is 0 Å². The van der Waals surface area contributed by atoms with Gasteiger partial charge in [0, 0.05) is 24.7 Å². The third-order valence-corrected chi connectivity index (χ3v) is 4.38. The van der Waals surface area contributed by atoms with Gasteiger partial charge in [0.1, 0.15) is 11.6 Å². The lowest BCUT2D eigenvalue weighted by molar-refractivity contribution is -0.132. The van der Waals surface area contributed by atoms with Crippen LogP contribution in [0.25, 0.3) is 0 Å². The predicted octanol–water partition coefficient (Wildman–Crippen LogP) is 3.73. The molecule has 1 aliphatic rings. The highest BCUT2D eigenvalue weighted by Crippen LogP contribution is 2.23. The molecule has 24 heavy (non-hydrogen) atoms. The van der Waals surface area contributed by atoms with Gasteiger partial charge in [0.25, 0.3) is 0 Å². The van der Waals surface area contributed by atoms with Crippen LogP contribution in [0.3, 0.4) is 0 Å². The molecular formula is C19H28F2N2O. The summed E-state index contributed by atoms with van der Waals surface area (Å²) in [5, 5.41) is 3.10. The van der Waals surface area contributed by atoms with E-state index in [2.05, 4.69) is 33.0 Å². The number of hydrogen-bond acceptors (Lipinski definition) is 2. The first-order valence-electron chi connectivity index (χ1n) is 8.74. The third-order valence-electron chi connectivity index (χ3n) is 4.38. The van der Waals surface area contributed by atoms with Gasteiger partial charge in [-0.3, -0.25) is 9.69 Å². The number of nitrogens with zero attached hydrogens (tertiary/aromatic N) is 1. The molecule has 1 aliphatic heterocycles. The summed E-state index contributed by atoms with van der Waals surface area (Å²) in [6, 6.07) is 3.26. The van der Waals surface area contributed by atoms with Crippen molar-refractivity contribution in [2.75, 3.05) is 6.54 Å². The zero-order chi connectivity index (χ0) is 17.9. The molecule has 1 amide bonds. The zero-order valence-electron chi connectivity index (χ0n) is 15.0. The monoisotopic (exact) mass is 338 g/mol. The van der Waals surface area contributed by atoms with Crippen LogP contribution >= 0.6 is 0 Å². The van der Waals surface area contributed by atoms with Crippen LogP contribution in [0.5, 0.6) is 0 Å². The SMILES string of the molecule is CC(C)CC1CN(Cc2cc(F)ccc2F)C(CC(C)C)C(=O)N1. The van der Waals surface area contributed by atoms with Crippen molar-refractivity contribution in [3.8, 4) is 0 Å². The van der Waals surface area contributed by atoms with E-state index < -0.39 is 11.6 Å². The van der Waals surface area contributed by atoms with Crippen molar-refractivity contribution >= 4 is 5.91 Å². The molecule has 5 heteroatoms. The summed E-state index contributed by atoms with van der Waals surface area (Å²) in [7, 11) is 0. The van der Waals surface area contributed by atoms with Crippen molar-refractivity contribution < 1.29 is 13.6 Å². The van der Waals surface area contributed by atoms with E-state index in [-0.39, 0.29) is 24.5 Å². The molecule has 1 fully saturated rings. The number of rotatable bonds is 6. The van der Waals surface area contributed by atoms with Crippen LogP contribution in [0.4, 0.5) is 8.78 Å². The van der Waals surface area contributed by atoms with Crippen molar-refractivity contribution in [2.45, 2.75) is 59.2 Å². The minimum atomic E-state index is -0.452. The van der Waals surface area contributed by atoms with Crippen LogP contribution in [0.2, 0.25) is 0 Å². The molecule has 3 nitrogen and oxygen atoms in total. The van der Waals surface area contributed by atoms with Crippen LogP contribution in [0.15, 0.2) is 18.2 Å². The molecule has 0 bridgehead atoms. The molecular weight excluding hydrogens is 310 g/mol. The Morgan fingerprint density at radius 1 is 1.17 bits per heavy atom. The fraction of sp³-hybridized carbons (Fsp3) is 0.632. The Kier molecular flexibility index (Phi) is 6.33. The number of halogens is 2. The lowest BCUT2D eigenvalue weighted by atomic mass is 9.94. The number of hydrogen-bond donors (Lipinski definition) is 1. The van der Waals surface area contributed by atoms with E-state index in [4.69, 9.17) is 0 Å². The van der Waals surface area contributed by atoms with Crippen molar-refractivity contribution in [3.05, 3.63) is 35.4 Å². The average molecular weight is 338 g/mol. The van der Waals surface area contributed by atoms with Gasteiger partial charge >= 0.3 is 0 Å². The van der Waals surface area contributed by atoms with Gasteiger partial charge < -0.3 is 5.32 Å². The highest BCUT2D eigenvalue weighted by molar-refractivity contribution is 5.82. The first-order chi connectivity index (χ1) is 11.3. The number of amides is 1. The molecule has 1 saturated heterocycles. The Morgan fingerprint density at radius 2 is 1.83 bits per heavy atom. The second-order valence-electron chi connectivity index (χ2n) is 7.65. The topological polar surface area (TPSA) is 32.3 Å². The molecule has 2 atom stereocenters. The lowest BCUT2D eigenvalue weighted by Gasteiger charge is -2.40. The van der Waals surface area contributed by atoms with Crippen molar-refractivity contribution in [3.63, 3.8) is 0 Å². The molecule has 0 spiro atoms. The van der Waals surface area contributed by atoms with E-state index in [1.807, 2.05) is 4.90 Å². The second kappa shape index (κ2) is 8.06. The van der Waals surface area contributed by atoms with Crippen molar-refractivity contribution in [2.24, 2.45) is 11.8 Å². The molecule has 0 aliphatic carbocycles. The van der Waals surface area contributed by atoms with Gasteiger partial charge in [0.05, 0.1) is 6.04 Å². The highest BCUT2D eigenvalue weighted by atomic mass is 19.1. The van der Waals surface area contributed by atoms with Crippen LogP contribution in [0, 0.1) is 23.5 Å². The van der Waals surface area contributed by atoms with Crippen LogP contribution in [-0.2, 0) is 11.3 Å². The molecule has 134 valence electrons. The standard InChI is InChI=1S/C19H28F2N2O/c1-12(2)7-16-11-23(18(8-13(3)4)19(24)22-16)10-14-9-15(20)5-6-17(14)21/h5-6,9,12-13,16,18H,7-8,10-11H2,1-4H3,(H,22,24). The van der Waals surface area contributed by atoms with Crippen LogP contribution in [0.1, 0.15) is 46.1 Å². The second-order valence-corrected chi connectivity index (χ2v) is 7.65. The molecule has 1 aromatic carbocycles. The number of carbonyl (C=O) groups excluding carboxylic acids is 1. The maximum absolute atomic E-state index is 14.0. The van der Waals surface area contributed by atoms with Gasteiger partial charge in [-0.1, -0.05) is 27.7 Å². The Labute approximate surface area is 143 Å². The van der Waals surface area contributed by atoms with E-state index in [1.54, 1.807) is 0 Å². The summed E-state index contributed by atoms with van der Waals surface area (Å²) in [5.74, 6) is -0.0672. The van der Waals surface area contributed by atoms with E-state index in [1.165, 1.54) is 6.07 Å². The molecule has 1 N–H and O–H groups in total. The molecule has 1 heterocycles. The smallest absolute Gasteiger partial charge is 0.237 e. The normalized spacial score (nSPS) is 22.2. The maximum Gasteiger partial charge on any atom is 0.237 e. The van der Waals surface area contributed by atoms with Gasteiger partial charge in [-0.15, -0.1) is 0 Å². The molecule has 1 aromatic rings. The Hall–Kier alpha value is -1.49. The predicted molar refractivity (Wildman–Crippen MR) is 91.4 cm³/mol. The first kappa shape index (κ1) is 18.8. The van der Waals surface area contributed by atoms with E-state index in [9.17, 15) is 13.6 Å². The Morgan fingerprint density at radius 3 is 2.46 bits per heavy atom. The fourth-order valence-electron chi connectivity index (χ4n) is 3.38. The maximum atomic E-state index is 14.0. The molecule has 2 unspecified atom stereocenters. The largest absolute Gasteiger partial charge is 0.351 e. The van der Waals surface area contributed by atoms with E-state index >= 15 is 0 Å². The molecule has 2 rings (SSSR count). The molecule has 0 radical (unpaired) electrons. The lowest BCUT2D eigenvalue weighted by Crippen LogP contribution is -2.60. The molecule has 0 aromatic heterocycles. The van der Waals surface area contributed by atoms with E-state index in [0.717, 1.165) is 18.6 Å². The number of benzene rings is 1. The minimum Gasteiger partial charge on any atom is -0.351 e. The minimum absolute atomic E-state index is 0.00240.